The zero-order chi connectivity index (χ0) is 18.4. The standard InChI is InChI=1S/C18H25O2P.C3H8/c1-5-16-9-11-18(12-10-16)15(3)7-8-17(6-2)13-14-21(19)20-4;1-3-2/h6-12,19H,2,5,13-14H2,1,3-4H3;3H2,1-2H3/b15-7+,17-8+;. The van der Waals surface area contributed by atoms with Gasteiger partial charge in [0, 0.05) is 13.3 Å². The third-order valence-corrected chi connectivity index (χ3v) is 4.46. The van der Waals surface area contributed by atoms with Crippen LogP contribution in [0.1, 0.15) is 51.7 Å². The first-order chi connectivity index (χ1) is 11.5. The van der Waals surface area contributed by atoms with Crippen LogP contribution in [0.2, 0.25) is 0 Å². The zero-order valence-corrected chi connectivity index (χ0v) is 16.8. The molecular formula is C21H33O2P. The van der Waals surface area contributed by atoms with Gasteiger partial charge < -0.3 is 9.42 Å². The minimum absolute atomic E-state index is 0.641. The molecular weight excluding hydrogens is 315 g/mol. The maximum Gasteiger partial charge on any atom is 0.167 e. The average molecular weight is 348 g/mol. The van der Waals surface area contributed by atoms with Gasteiger partial charge in [-0.25, -0.2) is 0 Å². The van der Waals surface area contributed by atoms with Gasteiger partial charge in [-0.05, 0) is 42.0 Å². The van der Waals surface area contributed by atoms with Crippen LogP contribution in [0.15, 0.2) is 54.6 Å². The molecule has 0 heterocycles. The van der Waals surface area contributed by atoms with Gasteiger partial charge in [-0.2, -0.15) is 0 Å². The fourth-order valence-electron chi connectivity index (χ4n) is 1.90. The summed E-state index contributed by atoms with van der Waals surface area (Å²) in [4.78, 5) is 9.47. The van der Waals surface area contributed by atoms with E-state index in [1.165, 1.54) is 30.2 Å². The van der Waals surface area contributed by atoms with E-state index in [9.17, 15) is 4.89 Å². The Morgan fingerprint density at radius 3 is 2.21 bits per heavy atom. The maximum absolute atomic E-state index is 9.47. The predicted octanol–water partition coefficient (Wildman–Crippen LogP) is 6.52. The summed E-state index contributed by atoms with van der Waals surface area (Å²) in [5, 5.41) is 0. The number of aryl methyl sites for hydroxylation is 1. The van der Waals surface area contributed by atoms with E-state index in [0.29, 0.717) is 6.16 Å². The van der Waals surface area contributed by atoms with Crippen molar-refractivity contribution in [3.63, 3.8) is 0 Å². The molecule has 2 nitrogen and oxygen atoms in total. The highest BCUT2D eigenvalue weighted by atomic mass is 31.2. The summed E-state index contributed by atoms with van der Waals surface area (Å²) in [5.74, 6) is 0. The topological polar surface area (TPSA) is 29.5 Å². The van der Waals surface area contributed by atoms with Gasteiger partial charge in [0.15, 0.2) is 8.38 Å². The summed E-state index contributed by atoms with van der Waals surface area (Å²) in [6, 6.07) is 8.65. The Hall–Kier alpha value is -1.21. The minimum Gasteiger partial charge on any atom is -0.350 e. The molecule has 0 radical (unpaired) electrons. The number of benzene rings is 1. The zero-order valence-electron chi connectivity index (χ0n) is 15.9. The molecule has 1 aromatic carbocycles. The molecule has 1 rings (SSSR count). The van der Waals surface area contributed by atoms with Gasteiger partial charge >= 0.3 is 0 Å². The van der Waals surface area contributed by atoms with Gasteiger partial charge in [-0.15, -0.1) is 0 Å². The highest BCUT2D eigenvalue weighted by molar-refractivity contribution is 7.46. The molecule has 3 heteroatoms. The molecule has 1 aromatic rings. The Morgan fingerprint density at radius 1 is 1.17 bits per heavy atom. The Morgan fingerprint density at radius 2 is 1.75 bits per heavy atom. The molecule has 0 aromatic heterocycles. The number of hydrogen-bond acceptors (Lipinski definition) is 2. The van der Waals surface area contributed by atoms with Crippen molar-refractivity contribution in [3.05, 3.63) is 65.8 Å². The van der Waals surface area contributed by atoms with E-state index in [-0.39, 0.29) is 0 Å². The van der Waals surface area contributed by atoms with E-state index in [4.69, 9.17) is 4.52 Å². The van der Waals surface area contributed by atoms with Crippen LogP contribution in [0.25, 0.3) is 5.57 Å². The molecule has 0 saturated heterocycles. The molecule has 0 amide bonds. The van der Waals surface area contributed by atoms with Gasteiger partial charge in [0.2, 0.25) is 0 Å². The van der Waals surface area contributed by atoms with Gasteiger partial charge in [0.25, 0.3) is 0 Å². The second-order valence-electron chi connectivity index (χ2n) is 5.56. The van der Waals surface area contributed by atoms with Crippen LogP contribution in [0, 0.1) is 0 Å². The molecule has 0 saturated carbocycles. The van der Waals surface area contributed by atoms with Crippen molar-refractivity contribution in [2.24, 2.45) is 0 Å². The lowest BCUT2D eigenvalue weighted by Gasteiger charge is -2.07. The molecule has 0 bridgehead atoms. The van der Waals surface area contributed by atoms with E-state index >= 15 is 0 Å². The van der Waals surface area contributed by atoms with Crippen molar-refractivity contribution in [2.45, 2.75) is 47.0 Å². The minimum atomic E-state index is -1.30. The number of allylic oxidation sites excluding steroid dienone is 5. The summed E-state index contributed by atoms with van der Waals surface area (Å²) in [6.07, 6.45) is 9.73. The van der Waals surface area contributed by atoms with Crippen molar-refractivity contribution in [3.8, 4) is 0 Å². The van der Waals surface area contributed by atoms with Crippen LogP contribution in [-0.2, 0) is 10.9 Å². The van der Waals surface area contributed by atoms with Gasteiger partial charge in [-0.3, -0.25) is 0 Å². The molecule has 0 fully saturated rings. The van der Waals surface area contributed by atoms with Crippen LogP contribution < -0.4 is 0 Å². The lowest BCUT2D eigenvalue weighted by molar-refractivity contribution is 0.390. The molecule has 1 N–H and O–H groups in total. The highest BCUT2D eigenvalue weighted by Gasteiger charge is 2.02. The Bertz CT molecular complexity index is 515. The lowest BCUT2D eigenvalue weighted by Crippen LogP contribution is -1.88. The lowest BCUT2D eigenvalue weighted by atomic mass is 10.0. The van der Waals surface area contributed by atoms with Gasteiger partial charge in [0.05, 0.1) is 0 Å². The van der Waals surface area contributed by atoms with E-state index in [1.807, 2.05) is 6.08 Å². The Balaban J connectivity index is 0.00000163. The Labute approximate surface area is 149 Å². The normalized spacial score (nSPS) is 13.1. The summed E-state index contributed by atoms with van der Waals surface area (Å²) < 4.78 is 4.91. The molecule has 134 valence electrons. The third-order valence-electron chi connectivity index (χ3n) is 3.43. The molecule has 0 aliphatic heterocycles. The number of hydrogen-bond donors (Lipinski definition) is 1. The van der Waals surface area contributed by atoms with Crippen molar-refractivity contribution in [1.82, 2.24) is 0 Å². The maximum atomic E-state index is 9.47. The largest absolute Gasteiger partial charge is 0.350 e. The van der Waals surface area contributed by atoms with E-state index < -0.39 is 8.38 Å². The van der Waals surface area contributed by atoms with Gasteiger partial charge in [-0.1, -0.05) is 76.3 Å². The molecule has 0 spiro atoms. The smallest absolute Gasteiger partial charge is 0.167 e. The Kier molecular flexibility index (Phi) is 13.4. The summed E-state index contributed by atoms with van der Waals surface area (Å²) in [6.45, 7) is 12.3. The summed E-state index contributed by atoms with van der Waals surface area (Å²) in [7, 11) is 0.233. The van der Waals surface area contributed by atoms with E-state index in [0.717, 1.165) is 18.4 Å². The summed E-state index contributed by atoms with van der Waals surface area (Å²) in [5.41, 5.74) is 4.91. The second kappa shape index (κ2) is 14.2. The second-order valence-corrected chi connectivity index (χ2v) is 7.08. The fourth-order valence-corrected chi connectivity index (χ4v) is 2.53. The third kappa shape index (κ3) is 9.82. The van der Waals surface area contributed by atoms with Crippen LogP contribution in [0.5, 0.6) is 0 Å². The first-order valence-electron chi connectivity index (χ1n) is 8.61. The van der Waals surface area contributed by atoms with E-state index in [2.05, 4.69) is 70.7 Å². The molecule has 24 heavy (non-hydrogen) atoms. The first-order valence-corrected chi connectivity index (χ1v) is 10.0. The first kappa shape index (κ1) is 22.8. The predicted molar refractivity (Wildman–Crippen MR) is 109 cm³/mol. The molecule has 0 aliphatic rings. The quantitative estimate of drug-likeness (QED) is 0.428. The van der Waals surface area contributed by atoms with Crippen LogP contribution >= 0.6 is 8.38 Å². The van der Waals surface area contributed by atoms with Crippen molar-refractivity contribution in [2.75, 3.05) is 13.3 Å². The monoisotopic (exact) mass is 348 g/mol. The van der Waals surface area contributed by atoms with Crippen LogP contribution in [-0.4, -0.2) is 18.2 Å². The van der Waals surface area contributed by atoms with Gasteiger partial charge in [0.1, 0.15) is 0 Å². The highest BCUT2D eigenvalue weighted by Crippen LogP contribution is 2.31. The SMILES string of the molecule is C=C/C(=C\C=C(/C)c1ccc(CC)cc1)CCP(O)OC.CCC. The molecule has 1 atom stereocenters. The number of rotatable bonds is 8. The van der Waals surface area contributed by atoms with Crippen LogP contribution in [0.4, 0.5) is 0 Å². The fraction of sp³-hybridized carbons (Fsp3) is 0.429. The summed E-state index contributed by atoms with van der Waals surface area (Å²) >= 11 is 0. The molecule has 0 aliphatic carbocycles. The average Bonchev–Trinajstić information content (AvgIpc) is 2.62. The van der Waals surface area contributed by atoms with Crippen molar-refractivity contribution >= 4 is 13.9 Å². The van der Waals surface area contributed by atoms with E-state index in [1.54, 1.807) is 0 Å². The van der Waals surface area contributed by atoms with Crippen molar-refractivity contribution < 1.29 is 9.42 Å². The van der Waals surface area contributed by atoms with Crippen LogP contribution in [0.3, 0.4) is 0 Å². The molecule has 1 unspecified atom stereocenters. The van der Waals surface area contributed by atoms with Crippen molar-refractivity contribution in [1.29, 1.82) is 0 Å².